The summed E-state index contributed by atoms with van der Waals surface area (Å²) in [4.78, 5) is 0. The molecule has 0 N–H and O–H groups in total. The molecule has 1 aliphatic carbocycles. The minimum absolute atomic E-state index is 0.233. The predicted molar refractivity (Wildman–Crippen MR) is 98.5 cm³/mol. The van der Waals surface area contributed by atoms with Crippen LogP contribution in [0.1, 0.15) is 68.9 Å². The Labute approximate surface area is 146 Å². The number of aryl methyl sites for hydroxylation is 1. The Bertz CT molecular complexity index is 518. The third kappa shape index (κ3) is 6.87. The summed E-state index contributed by atoms with van der Waals surface area (Å²) in [7, 11) is 0. The fourth-order valence-electron chi connectivity index (χ4n) is 3.75. The van der Waals surface area contributed by atoms with Crippen LogP contribution in [-0.2, 0) is 6.42 Å². The van der Waals surface area contributed by atoms with Gasteiger partial charge in [-0.25, -0.2) is 0 Å². The van der Waals surface area contributed by atoms with E-state index in [9.17, 15) is 4.39 Å². The van der Waals surface area contributed by atoms with Gasteiger partial charge in [-0.1, -0.05) is 56.4 Å². The Morgan fingerprint density at radius 3 is 2.21 bits per heavy atom. The number of hydrogen-bond acceptors (Lipinski definition) is 1. The molecule has 0 amide bonds. The van der Waals surface area contributed by atoms with E-state index >= 15 is 0 Å². The van der Waals surface area contributed by atoms with Crippen molar-refractivity contribution in [2.24, 2.45) is 11.8 Å². The van der Waals surface area contributed by atoms with Crippen molar-refractivity contribution in [2.75, 3.05) is 6.67 Å². The first kappa shape index (κ1) is 18.7. The number of allylic oxidation sites excluding steroid dienone is 2. The van der Waals surface area contributed by atoms with E-state index in [2.05, 4.69) is 24.3 Å². The second-order valence-corrected chi connectivity index (χ2v) is 7.11. The highest BCUT2D eigenvalue weighted by Gasteiger charge is 2.20. The largest absolute Gasteiger partial charge is 0.251 e. The maximum atomic E-state index is 12.0. The number of unbranched alkanes of at least 4 members (excludes halogenated alkanes) is 1. The average Bonchev–Trinajstić information content (AvgIpc) is 2.64. The van der Waals surface area contributed by atoms with Gasteiger partial charge in [-0.3, -0.25) is 4.39 Å². The van der Waals surface area contributed by atoms with Crippen LogP contribution in [0, 0.1) is 23.2 Å². The number of nitrogens with zero attached hydrogens (tertiary/aromatic N) is 1. The van der Waals surface area contributed by atoms with Gasteiger partial charge in [0.05, 0.1) is 18.3 Å². The smallest absolute Gasteiger partial charge is 0.0991 e. The van der Waals surface area contributed by atoms with Crippen molar-refractivity contribution in [1.82, 2.24) is 0 Å². The highest BCUT2D eigenvalue weighted by Crippen LogP contribution is 2.34. The fourth-order valence-corrected chi connectivity index (χ4v) is 3.75. The lowest BCUT2D eigenvalue weighted by Gasteiger charge is -2.28. The topological polar surface area (TPSA) is 23.8 Å². The second kappa shape index (κ2) is 11.0. The van der Waals surface area contributed by atoms with Crippen LogP contribution in [0.2, 0.25) is 0 Å². The van der Waals surface area contributed by atoms with Gasteiger partial charge < -0.3 is 0 Å². The number of rotatable bonds is 9. The van der Waals surface area contributed by atoms with Crippen molar-refractivity contribution in [1.29, 1.82) is 5.26 Å². The van der Waals surface area contributed by atoms with Gasteiger partial charge in [-0.2, -0.15) is 5.26 Å². The molecule has 0 spiro atoms. The highest BCUT2D eigenvalue weighted by atomic mass is 19.1. The van der Waals surface area contributed by atoms with Gasteiger partial charge in [-0.05, 0) is 61.6 Å². The van der Waals surface area contributed by atoms with Gasteiger partial charge >= 0.3 is 0 Å². The van der Waals surface area contributed by atoms with E-state index in [1.54, 1.807) is 0 Å². The van der Waals surface area contributed by atoms with E-state index in [0.29, 0.717) is 6.42 Å². The molecule has 1 nitrogen and oxygen atoms in total. The van der Waals surface area contributed by atoms with Crippen molar-refractivity contribution in [2.45, 2.75) is 64.2 Å². The van der Waals surface area contributed by atoms with Crippen LogP contribution >= 0.6 is 0 Å². The number of nitriles is 1. The number of halogens is 1. The Morgan fingerprint density at radius 2 is 1.58 bits per heavy atom. The lowest BCUT2D eigenvalue weighted by molar-refractivity contribution is 0.250. The lowest BCUT2D eigenvalue weighted by Crippen LogP contribution is -2.15. The van der Waals surface area contributed by atoms with E-state index in [4.69, 9.17) is 5.26 Å². The van der Waals surface area contributed by atoms with Gasteiger partial charge in [0.1, 0.15) is 0 Å². The molecule has 0 saturated heterocycles. The van der Waals surface area contributed by atoms with Crippen LogP contribution in [0.15, 0.2) is 36.4 Å². The zero-order chi connectivity index (χ0) is 17.0. The predicted octanol–water partition coefficient (Wildman–Crippen LogP) is 6.38. The van der Waals surface area contributed by atoms with E-state index in [1.807, 2.05) is 18.2 Å². The van der Waals surface area contributed by atoms with Crippen molar-refractivity contribution in [3.63, 3.8) is 0 Å². The summed E-state index contributed by atoms with van der Waals surface area (Å²) >= 11 is 0. The maximum absolute atomic E-state index is 12.0. The molecule has 1 aromatic carbocycles. The summed E-state index contributed by atoms with van der Waals surface area (Å²) in [6.07, 6.45) is 16.3. The summed E-state index contributed by atoms with van der Waals surface area (Å²) in [5.74, 6) is 1.78. The molecule has 0 heterocycles. The summed E-state index contributed by atoms with van der Waals surface area (Å²) in [6, 6.07) is 10.2. The number of hydrogen-bond donors (Lipinski definition) is 0. The molecular weight excluding hydrogens is 297 g/mol. The molecule has 0 aliphatic heterocycles. The molecule has 0 unspecified atom stereocenters. The molecule has 1 fully saturated rings. The van der Waals surface area contributed by atoms with Crippen LogP contribution in [-0.4, -0.2) is 6.67 Å². The first-order valence-electron chi connectivity index (χ1n) is 9.52. The molecule has 1 aliphatic rings. The molecule has 0 aromatic heterocycles. The third-order valence-electron chi connectivity index (χ3n) is 5.32. The average molecular weight is 327 g/mol. The number of alkyl halides is 1. The first-order valence-corrected chi connectivity index (χ1v) is 9.52. The van der Waals surface area contributed by atoms with Gasteiger partial charge in [-0.15, -0.1) is 0 Å². The molecule has 1 aromatic rings. The van der Waals surface area contributed by atoms with E-state index in [1.165, 1.54) is 50.5 Å². The number of benzene rings is 1. The zero-order valence-electron chi connectivity index (χ0n) is 14.7. The Kier molecular flexibility index (Phi) is 8.60. The van der Waals surface area contributed by atoms with Crippen molar-refractivity contribution < 1.29 is 4.39 Å². The highest BCUT2D eigenvalue weighted by molar-refractivity contribution is 5.31. The maximum Gasteiger partial charge on any atom is 0.0991 e. The third-order valence-corrected chi connectivity index (χ3v) is 5.32. The summed E-state index contributed by atoms with van der Waals surface area (Å²) < 4.78 is 12.0. The normalized spacial score (nSPS) is 21.0. The Balaban J connectivity index is 1.58. The molecule has 130 valence electrons. The van der Waals surface area contributed by atoms with Crippen LogP contribution in [0.4, 0.5) is 4.39 Å². The fraction of sp³-hybridized carbons (Fsp3) is 0.591. The summed E-state index contributed by atoms with van der Waals surface area (Å²) in [5.41, 5.74) is 2.11. The van der Waals surface area contributed by atoms with Crippen LogP contribution in [0.3, 0.4) is 0 Å². The molecule has 2 rings (SSSR count). The van der Waals surface area contributed by atoms with Gasteiger partial charge in [0.25, 0.3) is 0 Å². The quantitative estimate of drug-likeness (QED) is 0.381. The van der Waals surface area contributed by atoms with Crippen LogP contribution in [0.25, 0.3) is 0 Å². The molecule has 0 atom stereocenters. The molecular formula is C22H30FN. The standard InChI is InChI=1S/C22H30FN/c23-17-5-3-1-2-4-6-19-7-9-20(10-8-19)11-12-21-13-15-22(18-24)16-14-21/h1,3,13-16,19-20H,2,4-12,17H2. The van der Waals surface area contributed by atoms with Crippen LogP contribution in [0.5, 0.6) is 0 Å². The molecule has 0 bridgehead atoms. The molecule has 2 heteroatoms. The van der Waals surface area contributed by atoms with Gasteiger partial charge in [0.2, 0.25) is 0 Å². The van der Waals surface area contributed by atoms with Crippen molar-refractivity contribution in [3.8, 4) is 6.07 Å². The SMILES string of the molecule is N#Cc1ccc(CCC2CCC(CCCC=CCCF)CC2)cc1. The van der Waals surface area contributed by atoms with Gasteiger partial charge in [0, 0.05) is 0 Å². The minimum atomic E-state index is -0.233. The van der Waals surface area contributed by atoms with E-state index < -0.39 is 0 Å². The van der Waals surface area contributed by atoms with E-state index in [0.717, 1.165) is 30.2 Å². The van der Waals surface area contributed by atoms with Crippen LogP contribution < -0.4 is 0 Å². The van der Waals surface area contributed by atoms with Crippen molar-refractivity contribution in [3.05, 3.63) is 47.5 Å². The summed E-state index contributed by atoms with van der Waals surface area (Å²) in [6.45, 7) is -0.233. The van der Waals surface area contributed by atoms with Crippen molar-refractivity contribution >= 4 is 0 Å². The summed E-state index contributed by atoms with van der Waals surface area (Å²) in [5, 5.41) is 8.83. The Hall–Kier alpha value is -1.62. The minimum Gasteiger partial charge on any atom is -0.251 e. The molecule has 0 radical (unpaired) electrons. The van der Waals surface area contributed by atoms with E-state index in [-0.39, 0.29) is 6.67 Å². The van der Waals surface area contributed by atoms with Gasteiger partial charge in [0.15, 0.2) is 0 Å². The second-order valence-electron chi connectivity index (χ2n) is 7.11. The monoisotopic (exact) mass is 327 g/mol. The molecule has 1 saturated carbocycles. The first-order chi connectivity index (χ1) is 11.8. The zero-order valence-corrected chi connectivity index (χ0v) is 14.7. The molecule has 24 heavy (non-hydrogen) atoms. The lowest BCUT2D eigenvalue weighted by atomic mass is 9.78. The Morgan fingerprint density at radius 1 is 0.958 bits per heavy atom.